The number of fused-ring (bicyclic) bond motifs is 2. The Labute approximate surface area is 102 Å². The molecule has 1 heterocycles. The van der Waals surface area contributed by atoms with Crippen molar-refractivity contribution in [3.05, 3.63) is 0 Å². The van der Waals surface area contributed by atoms with Gasteiger partial charge in [-0.25, -0.2) is 0 Å². The lowest BCUT2D eigenvalue weighted by molar-refractivity contribution is 0.286. The molecule has 3 fully saturated rings. The second-order valence-corrected chi connectivity index (χ2v) is 7.39. The van der Waals surface area contributed by atoms with Gasteiger partial charge in [0.05, 0.1) is 0 Å². The van der Waals surface area contributed by atoms with Gasteiger partial charge in [-0.2, -0.15) is 11.8 Å². The number of alkyl halides is 1. The Bertz CT molecular complexity index is 236. The van der Waals surface area contributed by atoms with Crippen LogP contribution in [0.5, 0.6) is 0 Å². The van der Waals surface area contributed by atoms with Crippen LogP contribution >= 0.6 is 23.4 Å². The van der Waals surface area contributed by atoms with Crippen molar-refractivity contribution in [2.24, 2.45) is 0 Å². The summed E-state index contributed by atoms with van der Waals surface area (Å²) in [5.74, 6) is 0. The average molecular weight is 246 g/mol. The highest BCUT2D eigenvalue weighted by Crippen LogP contribution is 2.42. The van der Waals surface area contributed by atoms with Gasteiger partial charge in [0.25, 0.3) is 0 Å². The van der Waals surface area contributed by atoms with Crippen molar-refractivity contribution in [3.8, 4) is 0 Å². The Hall–Kier alpha value is 0.600. The van der Waals surface area contributed by atoms with Crippen LogP contribution in [0.25, 0.3) is 0 Å². The summed E-state index contributed by atoms with van der Waals surface area (Å²) in [6.07, 6.45) is 9.47. The van der Waals surface area contributed by atoms with Crippen LogP contribution in [0.2, 0.25) is 0 Å². The summed E-state index contributed by atoms with van der Waals surface area (Å²) in [5, 5.41) is 6.08. The minimum absolute atomic E-state index is 0.430. The zero-order chi connectivity index (χ0) is 10.3. The van der Waals surface area contributed by atoms with Crippen molar-refractivity contribution in [3.63, 3.8) is 0 Å². The van der Waals surface area contributed by atoms with Gasteiger partial charge in [0.2, 0.25) is 0 Å². The number of thioether (sulfide) groups is 1. The van der Waals surface area contributed by atoms with Crippen LogP contribution in [0.1, 0.15) is 44.9 Å². The van der Waals surface area contributed by atoms with Gasteiger partial charge in [-0.15, -0.1) is 11.6 Å². The third-order valence-electron chi connectivity index (χ3n) is 4.20. The van der Waals surface area contributed by atoms with Gasteiger partial charge in [0.1, 0.15) is 0 Å². The van der Waals surface area contributed by atoms with Crippen LogP contribution in [-0.2, 0) is 0 Å². The van der Waals surface area contributed by atoms with E-state index in [2.05, 4.69) is 17.1 Å². The molecule has 2 aliphatic carbocycles. The van der Waals surface area contributed by atoms with Gasteiger partial charge in [-0.05, 0) is 32.1 Å². The molecule has 0 aromatic carbocycles. The van der Waals surface area contributed by atoms with E-state index in [1.54, 1.807) is 0 Å². The van der Waals surface area contributed by atoms with Crippen molar-refractivity contribution in [1.29, 1.82) is 0 Å². The average Bonchev–Trinajstić information content (AvgIpc) is 2.26. The van der Waals surface area contributed by atoms with Gasteiger partial charge in [-0.1, -0.05) is 12.8 Å². The molecule has 3 heteroatoms. The molecule has 1 N–H and O–H groups in total. The molecule has 5 unspecified atom stereocenters. The fourth-order valence-corrected chi connectivity index (χ4v) is 5.51. The van der Waals surface area contributed by atoms with E-state index in [1.807, 2.05) is 0 Å². The van der Waals surface area contributed by atoms with E-state index in [1.165, 1.54) is 44.9 Å². The van der Waals surface area contributed by atoms with E-state index < -0.39 is 0 Å². The van der Waals surface area contributed by atoms with Gasteiger partial charge in [-0.3, -0.25) is 0 Å². The molecule has 3 aliphatic rings. The maximum Gasteiger partial charge on any atom is 0.0351 e. The maximum atomic E-state index is 6.26. The number of rotatable bonds is 0. The quantitative estimate of drug-likeness (QED) is 0.658. The molecule has 0 bridgehead atoms. The fraction of sp³-hybridized carbons (Fsp3) is 1.00. The van der Waals surface area contributed by atoms with Crippen LogP contribution < -0.4 is 5.32 Å². The first-order valence-corrected chi connectivity index (χ1v) is 7.76. The molecule has 86 valence electrons. The summed E-state index contributed by atoms with van der Waals surface area (Å²) < 4.78 is 0. The first-order valence-electron chi connectivity index (χ1n) is 6.38. The van der Waals surface area contributed by atoms with Gasteiger partial charge in [0.15, 0.2) is 0 Å². The molecular weight excluding hydrogens is 226 g/mol. The normalized spacial score (nSPS) is 50.6. The largest absolute Gasteiger partial charge is 0.309 e. The van der Waals surface area contributed by atoms with Crippen molar-refractivity contribution >= 4 is 23.4 Å². The number of hydrogen-bond donors (Lipinski definition) is 1. The predicted octanol–water partition coefficient (Wildman–Crippen LogP) is 3.16. The van der Waals surface area contributed by atoms with Crippen molar-refractivity contribution in [1.82, 2.24) is 5.32 Å². The minimum Gasteiger partial charge on any atom is -0.309 e. The molecule has 0 amide bonds. The Morgan fingerprint density at radius 1 is 0.933 bits per heavy atom. The van der Waals surface area contributed by atoms with Crippen LogP contribution in [0, 0.1) is 0 Å². The Balaban J connectivity index is 1.67. The molecular formula is C12H20ClNS. The highest BCUT2D eigenvalue weighted by atomic mass is 35.5. The summed E-state index contributed by atoms with van der Waals surface area (Å²) in [5.41, 5.74) is 0. The van der Waals surface area contributed by atoms with Crippen LogP contribution in [0.3, 0.4) is 0 Å². The highest BCUT2D eigenvalue weighted by molar-refractivity contribution is 8.00. The van der Waals surface area contributed by atoms with Crippen molar-refractivity contribution < 1.29 is 0 Å². The summed E-state index contributed by atoms with van der Waals surface area (Å²) in [6, 6.07) is 1.51. The van der Waals surface area contributed by atoms with Crippen molar-refractivity contribution in [2.45, 2.75) is 72.9 Å². The van der Waals surface area contributed by atoms with Crippen LogP contribution in [0.15, 0.2) is 0 Å². The minimum atomic E-state index is 0.430. The Morgan fingerprint density at radius 3 is 2.67 bits per heavy atom. The van der Waals surface area contributed by atoms with E-state index >= 15 is 0 Å². The summed E-state index contributed by atoms with van der Waals surface area (Å²) in [6.45, 7) is 0. The fourth-order valence-electron chi connectivity index (χ4n) is 3.38. The molecule has 15 heavy (non-hydrogen) atoms. The Kier molecular flexibility index (Phi) is 3.19. The lowest BCUT2D eigenvalue weighted by Crippen LogP contribution is -2.57. The molecule has 1 saturated heterocycles. The first-order chi connectivity index (χ1) is 7.33. The number of hydrogen-bond acceptors (Lipinski definition) is 2. The van der Waals surface area contributed by atoms with E-state index in [4.69, 9.17) is 11.6 Å². The zero-order valence-electron chi connectivity index (χ0n) is 9.12. The summed E-state index contributed by atoms with van der Waals surface area (Å²) in [7, 11) is 0. The number of nitrogens with one attached hydrogen (secondary N) is 1. The highest BCUT2D eigenvalue weighted by Gasteiger charge is 2.40. The second kappa shape index (κ2) is 4.46. The lowest BCUT2D eigenvalue weighted by atomic mass is 9.89. The molecule has 5 atom stereocenters. The summed E-state index contributed by atoms with van der Waals surface area (Å²) in [4.78, 5) is 0. The van der Waals surface area contributed by atoms with Crippen LogP contribution in [-0.4, -0.2) is 28.0 Å². The molecule has 3 rings (SSSR count). The lowest BCUT2D eigenvalue weighted by Gasteiger charge is -2.47. The molecule has 0 radical (unpaired) electrons. The third-order valence-corrected chi connectivity index (χ3v) is 6.43. The molecule has 0 spiro atoms. The van der Waals surface area contributed by atoms with E-state index in [-0.39, 0.29) is 0 Å². The number of halogens is 1. The molecule has 2 saturated carbocycles. The second-order valence-electron chi connectivity index (χ2n) is 5.29. The zero-order valence-corrected chi connectivity index (χ0v) is 10.7. The summed E-state index contributed by atoms with van der Waals surface area (Å²) >= 11 is 8.54. The molecule has 0 aromatic rings. The monoisotopic (exact) mass is 245 g/mol. The predicted molar refractivity (Wildman–Crippen MR) is 67.8 cm³/mol. The van der Waals surface area contributed by atoms with Crippen LogP contribution in [0.4, 0.5) is 0 Å². The topological polar surface area (TPSA) is 12.0 Å². The molecule has 1 aliphatic heterocycles. The van der Waals surface area contributed by atoms with E-state index in [0.717, 1.165) is 16.5 Å². The third kappa shape index (κ3) is 2.18. The van der Waals surface area contributed by atoms with E-state index in [9.17, 15) is 0 Å². The molecule has 1 nitrogen and oxygen atoms in total. The SMILES string of the molecule is ClC1CCC2SC3CCCCC3NC2C1. The first kappa shape index (κ1) is 10.7. The standard InChI is InChI=1S/C12H20ClNS/c13-8-5-6-12-10(7-8)14-9-3-1-2-4-11(9)15-12/h8-12,14H,1-7H2. The Morgan fingerprint density at radius 2 is 1.73 bits per heavy atom. The smallest absolute Gasteiger partial charge is 0.0351 e. The van der Waals surface area contributed by atoms with Gasteiger partial charge >= 0.3 is 0 Å². The van der Waals surface area contributed by atoms with Gasteiger partial charge < -0.3 is 5.32 Å². The van der Waals surface area contributed by atoms with E-state index in [0.29, 0.717) is 11.4 Å². The van der Waals surface area contributed by atoms with Crippen molar-refractivity contribution in [2.75, 3.05) is 0 Å². The van der Waals surface area contributed by atoms with Gasteiger partial charge in [0, 0.05) is 28.0 Å². The molecule has 0 aromatic heterocycles. The maximum absolute atomic E-state index is 6.26.